The molecule has 1 aromatic heterocycles. The van der Waals surface area contributed by atoms with E-state index in [0.29, 0.717) is 24.4 Å². The molecule has 150 valence electrons. The summed E-state index contributed by atoms with van der Waals surface area (Å²) >= 11 is 5.72. The van der Waals surface area contributed by atoms with E-state index in [0.717, 1.165) is 6.07 Å². The number of alkyl halides is 2. The standard InChI is InChI=1S/C17H16ClF2N3O4S/c18-11-8-21-17(22-9-11)27-12-4-3-7-23(10-12)15(24)13-5-1-2-6-14(13)28(25,26)16(19)20/h1-2,5-6,8-9,12,16H,3-4,7,10H2. The van der Waals surface area contributed by atoms with Gasteiger partial charge >= 0.3 is 11.8 Å². The van der Waals surface area contributed by atoms with Crippen molar-refractivity contribution in [2.75, 3.05) is 13.1 Å². The summed E-state index contributed by atoms with van der Waals surface area (Å²) in [5, 5.41) is 0.352. The van der Waals surface area contributed by atoms with E-state index in [1.54, 1.807) is 0 Å². The number of carbonyl (C=O) groups excluding carboxylic acids is 1. The summed E-state index contributed by atoms with van der Waals surface area (Å²) in [5.74, 6) is -4.26. The molecular formula is C17H16ClF2N3O4S. The summed E-state index contributed by atoms with van der Waals surface area (Å²) in [5.41, 5.74) is -0.286. The van der Waals surface area contributed by atoms with Gasteiger partial charge in [-0.3, -0.25) is 4.79 Å². The van der Waals surface area contributed by atoms with Crippen LogP contribution in [0.5, 0.6) is 6.01 Å². The summed E-state index contributed by atoms with van der Waals surface area (Å²) in [6.07, 6.45) is 3.56. The molecule has 2 heterocycles. The molecule has 1 fully saturated rings. The van der Waals surface area contributed by atoms with E-state index >= 15 is 0 Å². The Kier molecular flexibility index (Phi) is 6.09. The minimum absolute atomic E-state index is 0.101. The summed E-state index contributed by atoms with van der Waals surface area (Å²) < 4.78 is 55.4. The molecule has 0 bridgehead atoms. The largest absolute Gasteiger partial charge is 0.458 e. The van der Waals surface area contributed by atoms with E-state index in [2.05, 4.69) is 9.97 Å². The lowest BCUT2D eigenvalue weighted by Crippen LogP contribution is -2.45. The number of nitrogens with zero attached hydrogens (tertiary/aromatic N) is 3. The van der Waals surface area contributed by atoms with Gasteiger partial charge in [0.1, 0.15) is 6.10 Å². The minimum Gasteiger partial charge on any atom is -0.458 e. The first kappa shape index (κ1) is 20.4. The SMILES string of the molecule is O=C(c1ccccc1S(=O)(=O)C(F)F)N1CCCC(Oc2ncc(Cl)cn2)C1. The van der Waals surface area contributed by atoms with Crippen molar-refractivity contribution in [3.8, 4) is 6.01 Å². The van der Waals surface area contributed by atoms with Crippen LogP contribution in [-0.2, 0) is 9.84 Å². The molecule has 0 spiro atoms. The number of piperidine rings is 1. The van der Waals surface area contributed by atoms with Crippen LogP contribution in [0.1, 0.15) is 23.2 Å². The highest BCUT2D eigenvalue weighted by Gasteiger charge is 2.33. The molecule has 7 nitrogen and oxygen atoms in total. The quantitative estimate of drug-likeness (QED) is 0.723. The second-order valence-electron chi connectivity index (χ2n) is 6.12. The number of sulfone groups is 1. The highest BCUT2D eigenvalue weighted by molar-refractivity contribution is 7.91. The maximum Gasteiger partial charge on any atom is 0.341 e. The maximum absolute atomic E-state index is 13.0. The number of carbonyl (C=O) groups is 1. The third-order valence-corrected chi connectivity index (χ3v) is 5.83. The molecule has 2 aromatic rings. The number of ether oxygens (including phenoxy) is 1. The fourth-order valence-corrected chi connectivity index (χ4v) is 3.91. The second kappa shape index (κ2) is 8.36. The van der Waals surface area contributed by atoms with Gasteiger partial charge < -0.3 is 9.64 Å². The zero-order chi connectivity index (χ0) is 20.3. The zero-order valence-corrected chi connectivity index (χ0v) is 16.0. The topological polar surface area (TPSA) is 89.5 Å². The van der Waals surface area contributed by atoms with Crippen molar-refractivity contribution >= 4 is 27.3 Å². The number of rotatable bonds is 5. The van der Waals surface area contributed by atoms with Gasteiger partial charge in [-0.05, 0) is 25.0 Å². The van der Waals surface area contributed by atoms with Crippen molar-refractivity contribution in [2.45, 2.75) is 29.6 Å². The smallest absolute Gasteiger partial charge is 0.341 e. The van der Waals surface area contributed by atoms with Gasteiger partial charge in [0.15, 0.2) is 0 Å². The summed E-state index contributed by atoms with van der Waals surface area (Å²) in [6, 6.07) is 5.06. The number of aromatic nitrogens is 2. The Morgan fingerprint density at radius 3 is 2.61 bits per heavy atom. The van der Waals surface area contributed by atoms with Gasteiger partial charge in [-0.15, -0.1) is 0 Å². The van der Waals surface area contributed by atoms with Crippen molar-refractivity contribution in [3.63, 3.8) is 0 Å². The van der Waals surface area contributed by atoms with Gasteiger partial charge in [0, 0.05) is 6.54 Å². The highest BCUT2D eigenvalue weighted by atomic mass is 35.5. The summed E-state index contributed by atoms with van der Waals surface area (Å²) in [6.45, 7) is 0.497. The summed E-state index contributed by atoms with van der Waals surface area (Å²) in [4.78, 5) is 21.4. The van der Waals surface area contributed by atoms with Crippen LogP contribution in [0.4, 0.5) is 8.78 Å². The van der Waals surface area contributed by atoms with Crippen LogP contribution >= 0.6 is 11.6 Å². The van der Waals surface area contributed by atoms with E-state index in [1.165, 1.54) is 35.5 Å². The first-order valence-corrected chi connectivity index (χ1v) is 10.3. The Bertz CT molecular complexity index is 957. The fraction of sp³-hybridized carbons (Fsp3) is 0.353. The molecule has 3 rings (SSSR count). The van der Waals surface area contributed by atoms with Crippen molar-refractivity contribution in [3.05, 3.63) is 47.2 Å². The van der Waals surface area contributed by atoms with E-state index < -0.39 is 32.5 Å². The molecule has 1 amide bonds. The molecular weight excluding hydrogens is 416 g/mol. The lowest BCUT2D eigenvalue weighted by molar-refractivity contribution is 0.0512. The normalized spacial score (nSPS) is 17.6. The van der Waals surface area contributed by atoms with Crippen LogP contribution in [0, 0.1) is 0 Å². The summed E-state index contributed by atoms with van der Waals surface area (Å²) in [7, 11) is -4.90. The highest BCUT2D eigenvalue weighted by Crippen LogP contribution is 2.25. The monoisotopic (exact) mass is 431 g/mol. The predicted molar refractivity (Wildman–Crippen MR) is 96.2 cm³/mol. The zero-order valence-electron chi connectivity index (χ0n) is 14.5. The van der Waals surface area contributed by atoms with E-state index in [9.17, 15) is 22.0 Å². The maximum atomic E-state index is 13.0. The van der Waals surface area contributed by atoms with Crippen molar-refractivity contribution in [1.82, 2.24) is 14.9 Å². The van der Waals surface area contributed by atoms with Gasteiger partial charge in [0.25, 0.3) is 5.91 Å². The van der Waals surface area contributed by atoms with E-state index in [4.69, 9.17) is 16.3 Å². The number of likely N-dealkylation sites (tertiary alicyclic amines) is 1. The predicted octanol–water partition coefficient (Wildman–Crippen LogP) is 2.81. The molecule has 1 aliphatic heterocycles. The van der Waals surface area contributed by atoms with Crippen LogP contribution in [-0.4, -0.2) is 54.1 Å². The molecule has 11 heteroatoms. The average Bonchev–Trinajstić information content (AvgIpc) is 2.69. The molecule has 1 saturated heterocycles. The second-order valence-corrected chi connectivity index (χ2v) is 8.44. The molecule has 0 aliphatic carbocycles. The molecule has 1 aliphatic rings. The third-order valence-electron chi connectivity index (χ3n) is 4.19. The lowest BCUT2D eigenvalue weighted by atomic mass is 10.1. The Hall–Kier alpha value is -2.33. The van der Waals surface area contributed by atoms with Gasteiger partial charge in [-0.2, -0.15) is 8.78 Å². The van der Waals surface area contributed by atoms with Gasteiger partial charge in [0.05, 0.1) is 34.4 Å². The van der Waals surface area contributed by atoms with E-state index in [-0.39, 0.29) is 18.1 Å². The molecule has 1 aromatic carbocycles. The molecule has 0 N–H and O–H groups in total. The van der Waals surface area contributed by atoms with E-state index in [1.807, 2.05) is 0 Å². The first-order chi connectivity index (χ1) is 13.3. The number of amides is 1. The van der Waals surface area contributed by atoms with Gasteiger partial charge in [0.2, 0.25) is 9.84 Å². The fourth-order valence-electron chi connectivity index (χ4n) is 2.89. The Labute approximate surface area is 165 Å². The van der Waals surface area contributed by atoms with Crippen LogP contribution in [0.2, 0.25) is 5.02 Å². The van der Waals surface area contributed by atoms with Crippen LogP contribution in [0.3, 0.4) is 0 Å². The van der Waals surface area contributed by atoms with Crippen LogP contribution in [0.15, 0.2) is 41.6 Å². The molecule has 1 unspecified atom stereocenters. The number of halogens is 3. The molecule has 28 heavy (non-hydrogen) atoms. The molecule has 0 radical (unpaired) electrons. The van der Waals surface area contributed by atoms with Gasteiger partial charge in [-0.25, -0.2) is 18.4 Å². The third kappa shape index (κ3) is 4.39. The van der Waals surface area contributed by atoms with Crippen LogP contribution < -0.4 is 4.74 Å². The Morgan fingerprint density at radius 2 is 1.93 bits per heavy atom. The average molecular weight is 432 g/mol. The Balaban J connectivity index is 1.79. The van der Waals surface area contributed by atoms with Gasteiger partial charge in [-0.1, -0.05) is 23.7 Å². The van der Waals surface area contributed by atoms with Crippen molar-refractivity contribution in [2.24, 2.45) is 0 Å². The molecule has 0 saturated carbocycles. The lowest BCUT2D eigenvalue weighted by Gasteiger charge is -2.32. The van der Waals surface area contributed by atoms with Crippen LogP contribution in [0.25, 0.3) is 0 Å². The number of benzene rings is 1. The minimum atomic E-state index is -4.90. The first-order valence-electron chi connectivity index (χ1n) is 8.33. The van der Waals surface area contributed by atoms with Crippen molar-refractivity contribution < 1.29 is 26.7 Å². The Morgan fingerprint density at radius 1 is 1.25 bits per heavy atom. The number of hydrogen-bond acceptors (Lipinski definition) is 6. The number of hydrogen-bond donors (Lipinski definition) is 0. The molecule has 1 atom stereocenters. The van der Waals surface area contributed by atoms with Crippen molar-refractivity contribution in [1.29, 1.82) is 0 Å².